The van der Waals surface area contributed by atoms with Gasteiger partial charge in [0.05, 0.1) is 24.8 Å². The maximum atomic E-state index is 11.5. The third-order valence-electron chi connectivity index (χ3n) is 4.76. The molecule has 0 spiro atoms. The first-order valence-corrected chi connectivity index (χ1v) is 9.77. The van der Waals surface area contributed by atoms with E-state index < -0.39 is 17.6 Å². The summed E-state index contributed by atoms with van der Waals surface area (Å²) in [6, 6.07) is 9.27. The van der Waals surface area contributed by atoms with E-state index in [9.17, 15) is 4.79 Å². The molecule has 0 saturated heterocycles. The molecule has 1 aliphatic heterocycles. The van der Waals surface area contributed by atoms with Gasteiger partial charge in [0.1, 0.15) is 23.4 Å². The highest BCUT2D eigenvalue weighted by Gasteiger charge is 2.41. The topological polar surface area (TPSA) is 80.0 Å². The molecular weight excluding hydrogens is 394 g/mol. The molecule has 1 unspecified atom stereocenters. The third kappa shape index (κ3) is 4.37. The standard InChI is InChI=1S/C22H26ClNO5/c1-12(2)28-17-7-6-13(8-16(17)23)14-9-19-15(10-18(14)26-5)20(29-21(24)25)22(3,4)11-27-19/h6-10,12,20H,11H2,1-5H3,(H2,24,25). The molecule has 0 aromatic heterocycles. The van der Waals surface area contributed by atoms with Gasteiger partial charge >= 0.3 is 6.09 Å². The SMILES string of the molecule is COc1cc2c(cc1-c1ccc(OC(C)C)c(Cl)c1)OCC(C)(C)C2OC(N)=O. The Morgan fingerprint density at radius 1 is 1.24 bits per heavy atom. The van der Waals surface area contributed by atoms with Crippen molar-refractivity contribution in [1.82, 2.24) is 0 Å². The minimum atomic E-state index is -0.827. The van der Waals surface area contributed by atoms with E-state index in [1.165, 1.54) is 0 Å². The molecule has 0 fully saturated rings. The van der Waals surface area contributed by atoms with Crippen LogP contribution in [0.5, 0.6) is 17.2 Å². The number of benzene rings is 2. The zero-order chi connectivity index (χ0) is 21.3. The van der Waals surface area contributed by atoms with Crippen LogP contribution in [0.15, 0.2) is 30.3 Å². The molecular formula is C22H26ClNO5. The maximum absolute atomic E-state index is 11.5. The molecule has 2 aromatic carbocycles. The molecule has 1 amide bonds. The van der Waals surface area contributed by atoms with Crippen LogP contribution in [-0.4, -0.2) is 25.9 Å². The molecule has 1 aliphatic rings. The van der Waals surface area contributed by atoms with Gasteiger partial charge in [-0.25, -0.2) is 4.79 Å². The lowest BCUT2D eigenvalue weighted by atomic mass is 9.80. The number of rotatable bonds is 5. The Balaban J connectivity index is 2.07. The summed E-state index contributed by atoms with van der Waals surface area (Å²) in [6.07, 6.45) is -1.35. The number of amides is 1. The zero-order valence-corrected chi connectivity index (χ0v) is 18.0. The van der Waals surface area contributed by atoms with Crippen LogP contribution >= 0.6 is 11.6 Å². The second kappa shape index (κ2) is 8.03. The molecule has 1 atom stereocenters. The Bertz CT molecular complexity index is 926. The fraction of sp³-hybridized carbons (Fsp3) is 0.409. The van der Waals surface area contributed by atoms with Gasteiger partial charge in [0.15, 0.2) is 0 Å². The van der Waals surface area contributed by atoms with Crippen molar-refractivity contribution in [2.45, 2.75) is 39.9 Å². The summed E-state index contributed by atoms with van der Waals surface area (Å²) in [4.78, 5) is 11.5. The molecule has 156 valence electrons. The first-order valence-electron chi connectivity index (χ1n) is 9.39. The predicted octanol–water partition coefficient (Wildman–Crippen LogP) is 5.36. The van der Waals surface area contributed by atoms with Gasteiger partial charge in [0.2, 0.25) is 0 Å². The second-order valence-electron chi connectivity index (χ2n) is 8.00. The van der Waals surface area contributed by atoms with Gasteiger partial charge in [-0.15, -0.1) is 0 Å². The summed E-state index contributed by atoms with van der Waals surface area (Å²) < 4.78 is 22.7. The van der Waals surface area contributed by atoms with E-state index >= 15 is 0 Å². The van der Waals surface area contributed by atoms with E-state index in [1.807, 2.05) is 58.0 Å². The fourth-order valence-corrected chi connectivity index (χ4v) is 3.64. The highest BCUT2D eigenvalue weighted by atomic mass is 35.5. The molecule has 0 radical (unpaired) electrons. The average Bonchev–Trinajstić information content (AvgIpc) is 2.64. The Kier molecular flexibility index (Phi) is 5.85. The molecule has 6 nitrogen and oxygen atoms in total. The van der Waals surface area contributed by atoms with Gasteiger partial charge in [0, 0.05) is 16.5 Å². The van der Waals surface area contributed by atoms with Crippen molar-refractivity contribution < 1.29 is 23.7 Å². The van der Waals surface area contributed by atoms with Crippen LogP contribution < -0.4 is 19.9 Å². The number of fused-ring (bicyclic) bond motifs is 1. The highest BCUT2D eigenvalue weighted by Crippen LogP contribution is 2.49. The van der Waals surface area contributed by atoms with Gasteiger partial charge in [0.25, 0.3) is 0 Å². The minimum Gasteiger partial charge on any atom is -0.496 e. The van der Waals surface area contributed by atoms with Crippen molar-refractivity contribution in [2.75, 3.05) is 13.7 Å². The Morgan fingerprint density at radius 3 is 2.55 bits per heavy atom. The van der Waals surface area contributed by atoms with Crippen LogP contribution in [0, 0.1) is 5.41 Å². The summed E-state index contributed by atoms with van der Waals surface area (Å²) in [5.41, 5.74) is 7.24. The number of carbonyl (C=O) groups is 1. The van der Waals surface area contributed by atoms with Crippen molar-refractivity contribution in [3.8, 4) is 28.4 Å². The molecule has 7 heteroatoms. The maximum Gasteiger partial charge on any atom is 0.405 e. The fourth-order valence-electron chi connectivity index (χ4n) is 3.42. The van der Waals surface area contributed by atoms with Crippen LogP contribution in [0.1, 0.15) is 39.4 Å². The number of carbonyl (C=O) groups excluding carboxylic acids is 1. The van der Waals surface area contributed by atoms with Crippen LogP contribution in [0.25, 0.3) is 11.1 Å². The van der Waals surface area contributed by atoms with Gasteiger partial charge in [-0.3, -0.25) is 0 Å². The predicted molar refractivity (Wildman–Crippen MR) is 112 cm³/mol. The lowest BCUT2D eigenvalue weighted by molar-refractivity contribution is -0.0177. The lowest BCUT2D eigenvalue weighted by Gasteiger charge is -2.38. The van der Waals surface area contributed by atoms with Gasteiger partial charge < -0.3 is 24.7 Å². The molecule has 0 saturated carbocycles. The van der Waals surface area contributed by atoms with Crippen molar-refractivity contribution in [1.29, 1.82) is 0 Å². The minimum absolute atomic E-state index is 0.0237. The second-order valence-corrected chi connectivity index (χ2v) is 8.40. The van der Waals surface area contributed by atoms with Gasteiger partial charge in [-0.1, -0.05) is 31.5 Å². The van der Waals surface area contributed by atoms with E-state index in [4.69, 9.17) is 36.3 Å². The van der Waals surface area contributed by atoms with E-state index in [0.29, 0.717) is 34.4 Å². The van der Waals surface area contributed by atoms with E-state index in [1.54, 1.807) is 7.11 Å². The van der Waals surface area contributed by atoms with E-state index in [-0.39, 0.29) is 6.10 Å². The summed E-state index contributed by atoms with van der Waals surface area (Å²) in [6.45, 7) is 8.18. The first kappa shape index (κ1) is 21.1. The number of methoxy groups -OCH3 is 1. The summed E-state index contributed by atoms with van der Waals surface area (Å²) >= 11 is 6.41. The van der Waals surface area contributed by atoms with Crippen LogP contribution in [-0.2, 0) is 4.74 Å². The highest BCUT2D eigenvalue weighted by molar-refractivity contribution is 6.32. The van der Waals surface area contributed by atoms with Crippen LogP contribution in [0.4, 0.5) is 4.79 Å². The average molecular weight is 420 g/mol. The zero-order valence-electron chi connectivity index (χ0n) is 17.2. The van der Waals surface area contributed by atoms with Crippen LogP contribution in [0.3, 0.4) is 0 Å². The number of primary amides is 1. The summed E-state index contributed by atoms with van der Waals surface area (Å²) in [5, 5.41) is 0.507. The molecule has 29 heavy (non-hydrogen) atoms. The smallest absolute Gasteiger partial charge is 0.405 e. The molecule has 0 bridgehead atoms. The van der Waals surface area contributed by atoms with Crippen molar-refractivity contribution in [2.24, 2.45) is 11.1 Å². The monoisotopic (exact) mass is 419 g/mol. The summed E-state index contributed by atoms with van der Waals surface area (Å²) in [7, 11) is 1.59. The normalized spacial score (nSPS) is 17.3. The van der Waals surface area contributed by atoms with Crippen molar-refractivity contribution in [3.05, 3.63) is 40.9 Å². The van der Waals surface area contributed by atoms with Crippen molar-refractivity contribution in [3.63, 3.8) is 0 Å². The van der Waals surface area contributed by atoms with Crippen LogP contribution in [0.2, 0.25) is 5.02 Å². The molecule has 3 rings (SSSR count). The Hall–Kier alpha value is -2.60. The quantitative estimate of drug-likeness (QED) is 0.705. The number of hydrogen-bond donors (Lipinski definition) is 1. The lowest BCUT2D eigenvalue weighted by Crippen LogP contribution is -2.37. The molecule has 2 N–H and O–H groups in total. The van der Waals surface area contributed by atoms with Crippen molar-refractivity contribution >= 4 is 17.7 Å². The van der Waals surface area contributed by atoms with E-state index in [2.05, 4.69) is 0 Å². The van der Waals surface area contributed by atoms with Gasteiger partial charge in [-0.2, -0.15) is 0 Å². The van der Waals surface area contributed by atoms with Gasteiger partial charge in [-0.05, 0) is 43.7 Å². The molecule has 2 aromatic rings. The molecule has 1 heterocycles. The number of ether oxygens (including phenoxy) is 4. The summed E-state index contributed by atoms with van der Waals surface area (Å²) in [5.74, 6) is 1.84. The largest absolute Gasteiger partial charge is 0.496 e. The number of halogens is 1. The Labute approximate surface area is 175 Å². The number of hydrogen-bond acceptors (Lipinski definition) is 5. The Morgan fingerprint density at radius 2 is 1.97 bits per heavy atom. The third-order valence-corrected chi connectivity index (χ3v) is 5.06. The van der Waals surface area contributed by atoms with E-state index in [0.717, 1.165) is 11.1 Å². The first-order chi connectivity index (χ1) is 13.6. The number of nitrogens with two attached hydrogens (primary N) is 1. The molecule has 0 aliphatic carbocycles.